The highest BCUT2D eigenvalue weighted by molar-refractivity contribution is 5.93. The van der Waals surface area contributed by atoms with E-state index in [9.17, 15) is 4.79 Å². The summed E-state index contributed by atoms with van der Waals surface area (Å²) in [5, 5.41) is 8.94. The molecule has 1 unspecified atom stereocenters. The van der Waals surface area contributed by atoms with Gasteiger partial charge >= 0.3 is 0 Å². The number of amides is 1. The first-order chi connectivity index (χ1) is 6.81. The predicted octanol–water partition coefficient (Wildman–Crippen LogP) is 0.734. The van der Waals surface area contributed by atoms with E-state index in [1.807, 2.05) is 0 Å². The normalized spacial score (nSPS) is 21.5. The Morgan fingerprint density at radius 1 is 1.71 bits per heavy atom. The Hall–Kier alpha value is -1.29. The van der Waals surface area contributed by atoms with Crippen molar-refractivity contribution in [3.05, 3.63) is 24.2 Å². The Morgan fingerprint density at radius 3 is 3.14 bits per heavy atom. The van der Waals surface area contributed by atoms with Crippen molar-refractivity contribution in [2.75, 3.05) is 19.7 Å². The minimum absolute atomic E-state index is 0.00491. The lowest BCUT2D eigenvalue weighted by atomic mass is 10.1. The van der Waals surface area contributed by atoms with E-state index in [4.69, 9.17) is 9.52 Å². The van der Waals surface area contributed by atoms with Gasteiger partial charge in [-0.15, -0.1) is 0 Å². The van der Waals surface area contributed by atoms with Gasteiger partial charge in [0.25, 0.3) is 5.91 Å². The molecule has 1 saturated heterocycles. The summed E-state index contributed by atoms with van der Waals surface area (Å²) in [5.74, 6) is 0.237. The molecule has 0 spiro atoms. The third-order valence-electron chi connectivity index (χ3n) is 2.60. The molecule has 0 saturated carbocycles. The number of hydrogen-bond acceptors (Lipinski definition) is 3. The molecule has 4 heteroatoms. The molecule has 1 aliphatic rings. The first kappa shape index (κ1) is 9.27. The highest BCUT2D eigenvalue weighted by Crippen LogP contribution is 2.18. The lowest BCUT2D eigenvalue weighted by Crippen LogP contribution is -2.28. The molecule has 0 aliphatic carbocycles. The quantitative estimate of drug-likeness (QED) is 0.757. The van der Waals surface area contributed by atoms with Crippen molar-refractivity contribution in [2.45, 2.75) is 6.42 Å². The number of hydrogen-bond donors (Lipinski definition) is 1. The molecule has 0 aromatic carbocycles. The summed E-state index contributed by atoms with van der Waals surface area (Å²) in [7, 11) is 0. The first-order valence-electron chi connectivity index (χ1n) is 4.73. The van der Waals surface area contributed by atoms with Crippen LogP contribution in [0.3, 0.4) is 0 Å². The molecule has 0 bridgehead atoms. The third-order valence-corrected chi connectivity index (χ3v) is 2.60. The van der Waals surface area contributed by atoms with Crippen LogP contribution < -0.4 is 0 Å². The monoisotopic (exact) mass is 195 g/mol. The molecular weight excluding hydrogens is 182 g/mol. The molecule has 76 valence electrons. The van der Waals surface area contributed by atoms with Gasteiger partial charge in [-0.2, -0.15) is 0 Å². The Balaban J connectivity index is 2.00. The predicted molar refractivity (Wildman–Crippen MR) is 49.8 cm³/mol. The van der Waals surface area contributed by atoms with Gasteiger partial charge in [0.15, 0.2) is 0 Å². The Kier molecular flexibility index (Phi) is 2.54. The summed E-state index contributed by atoms with van der Waals surface area (Å²) in [6.45, 7) is 1.55. The molecule has 1 amide bonds. The molecular formula is C10H13NO3. The second kappa shape index (κ2) is 3.84. The van der Waals surface area contributed by atoms with E-state index in [2.05, 4.69) is 0 Å². The number of aliphatic hydroxyl groups excluding tert-OH is 1. The Morgan fingerprint density at radius 2 is 2.57 bits per heavy atom. The van der Waals surface area contributed by atoms with Crippen LogP contribution in [0.2, 0.25) is 0 Å². The summed E-state index contributed by atoms with van der Waals surface area (Å²) in [5.41, 5.74) is 0.587. The largest absolute Gasteiger partial charge is 0.472 e. The van der Waals surface area contributed by atoms with Crippen LogP contribution in [-0.2, 0) is 0 Å². The molecule has 1 aromatic heterocycles. The van der Waals surface area contributed by atoms with Gasteiger partial charge in [0.2, 0.25) is 0 Å². The fourth-order valence-electron chi connectivity index (χ4n) is 1.73. The van der Waals surface area contributed by atoms with Crippen LogP contribution in [0.25, 0.3) is 0 Å². The van der Waals surface area contributed by atoms with Gasteiger partial charge in [-0.25, -0.2) is 0 Å². The summed E-state index contributed by atoms with van der Waals surface area (Å²) in [4.78, 5) is 13.5. The fraction of sp³-hybridized carbons (Fsp3) is 0.500. The van der Waals surface area contributed by atoms with Crippen molar-refractivity contribution in [1.29, 1.82) is 0 Å². The second-order valence-electron chi connectivity index (χ2n) is 3.60. The lowest BCUT2D eigenvalue weighted by Gasteiger charge is -2.14. The van der Waals surface area contributed by atoms with E-state index in [0.29, 0.717) is 12.1 Å². The molecule has 14 heavy (non-hydrogen) atoms. The molecule has 1 aliphatic heterocycles. The number of likely N-dealkylation sites (tertiary alicyclic amines) is 1. The smallest absolute Gasteiger partial charge is 0.257 e. The van der Waals surface area contributed by atoms with Gasteiger partial charge in [-0.05, 0) is 12.5 Å². The number of nitrogens with zero attached hydrogens (tertiary/aromatic N) is 1. The number of carbonyl (C=O) groups is 1. The van der Waals surface area contributed by atoms with Crippen LogP contribution in [0.1, 0.15) is 16.8 Å². The van der Waals surface area contributed by atoms with Crippen LogP contribution >= 0.6 is 0 Å². The van der Waals surface area contributed by atoms with Gasteiger partial charge in [0, 0.05) is 25.6 Å². The van der Waals surface area contributed by atoms with Crippen molar-refractivity contribution < 1.29 is 14.3 Å². The molecule has 1 N–H and O–H groups in total. The molecule has 2 heterocycles. The van der Waals surface area contributed by atoms with Gasteiger partial charge in [0.1, 0.15) is 6.26 Å². The number of aliphatic hydroxyl groups is 1. The van der Waals surface area contributed by atoms with Crippen LogP contribution in [0.4, 0.5) is 0 Å². The van der Waals surface area contributed by atoms with E-state index in [0.717, 1.165) is 13.0 Å². The second-order valence-corrected chi connectivity index (χ2v) is 3.60. The molecule has 0 radical (unpaired) electrons. The maximum Gasteiger partial charge on any atom is 0.257 e. The molecule has 1 aromatic rings. The maximum atomic E-state index is 11.8. The van der Waals surface area contributed by atoms with Gasteiger partial charge in [0.05, 0.1) is 11.8 Å². The van der Waals surface area contributed by atoms with Gasteiger partial charge < -0.3 is 14.4 Å². The van der Waals surface area contributed by atoms with E-state index < -0.39 is 0 Å². The van der Waals surface area contributed by atoms with Crippen LogP contribution in [0.5, 0.6) is 0 Å². The zero-order valence-corrected chi connectivity index (χ0v) is 7.85. The number of rotatable bonds is 2. The van der Waals surface area contributed by atoms with Crippen molar-refractivity contribution in [2.24, 2.45) is 5.92 Å². The van der Waals surface area contributed by atoms with Crippen LogP contribution in [0, 0.1) is 5.92 Å². The number of carbonyl (C=O) groups excluding carboxylic acids is 1. The van der Waals surface area contributed by atoms with E-state index in [1.54, 1.807) is 11.0 Å². The van der Waals surface area contributed by atoms with E-state index in [-0.39, 0.29) is 18.4 Å². The zero-order valence-electron chi connectivity index (χ0n) is 7.85. The highest BCUT2D eigenvalue weighted by atomic mass is 16.3. The third kappa shape index (κ3) is 1.65. The zero-order chi connectivity index (χ0) is 9.97. The average Bonchev–Trinajstić information content (AvgIpc) is 2.88. The number of furan rings is 1. The van der Waals surface area contributed by atoms with Gasteiger partial charge in [-0.1, -0.05) is 0 Å². The molecule has 4 nitrogen and oxygen atoms in total. The minimum atomic E-state index is -0.00491. The van der Waals surface area contributed by atoms with Crippen molar-refractivity contribution in [1.82, 2.24) is 4.90 Å². The highest BCUT2D eigenvalue weighted by Gasteiger charge is 2.26. The van der Waals surface area contributed by atoms with Crippen molar-refractivity contribution >= 4 is 5.91 Å². The SMILES string of the molecule is O=C(c1ccoc1)N1CCC(CO)C1. The van der Waals surface area contributed by atoms with E-state index >= 15 is 0 Å². The van der Waals surface area contributed by atoms with Crippen LogP contribution in [0.15, 0.2) is 23.0 Å². The minimum Gasteiger partial charge on any atom is -0.472 e. The standard InChI is InChI=1S/C10H13NO3/c12-6-8-1-3-11(5-8)10(13)9-2-4-14-7-9/h2,4,7-8,12H,1,3,5-6H2. The first-order valence-corrected chi connectivity index (χ1v) is 4.73. The fourth-order valence-corrected chi connectivity index (χ4v) is 1.73. The average molecular weight is 195 g/mol. The lowest BCUT2D eigenvalue weighted by molar-refractivity contribution is 0.0781. The Labute approximate surface area is 82.1 Å². The van der Waals surface area contributed by atoms with E-state index in [1.165, 1.54) is 12.5 Å². The summed E-state index contributed by atoms with van der Waals surface area (Å²) in [6, 6.07) is 1.66. The summed E-state index contributed by atoms with van der Waals surface area (Å²) in [6.07, 6.45) is 3.83. The topological polar surface area (TPSA) is 53.7 Å². The molecule has 1 atom stereocenters. The van der Waals surface area contributed by atoms with Crippen LogP contribution in [-0.4, -0.2) is 35.6 Å². The molecule has 1 fully saturated rings. The maximum absolute atomic E-state index is 11.8. The van der Waals surface area contributed by atoms with Gasteiger partial charge in [-0.3, -0.25) is 4.79 Å². The van der Waals surface area contributed by atoms with Crippen molar-refractivity contribution in [3.63, 3.8) is 0 Å². The summed E-state index contributed by atoms with van der Waals surface area (Å²) < 4.78 is 4.85. The Bertz CT molecular complexity index is 307. The molecule has 2 rings (SSSR count). The summed E-state index contributed by atoms with van der Waals surface area (Å²) >= 11 is 0. The van der Waals surface area contributed by atoms with Crippen molar-refractivity contribution in [3.8, 4) is 0 Å².